The van der Waals surface area contributed by atoms with Gasteiger partial charge in [0.15, 0.2) is 11.5 Å². The van der Waals surface area contributed by atoms with Crippen molar-refractivity contribution in [3.63, 3.8) is 0 Å². The van der Waals surface area contributed by atoms with Gasteiger partial charge in [-0.2, -0.15) is 0 Å². The van der Waals surface area contributed by atoms with Crippen LogP contribution >= 0.6 is 0 Å². The van der Waals surface area contributed by atoms with Crippen LogP contribution in [0.3, 0.4) is 0 Å². The van der Waals surface area contributed by atoms with Crippen molar-refractivity contribution in [1.29, 1.82) is 0 Å². The predicted molar refractivity (Wildman–Crippen MR) is 134 cm³/mol. The number of aliphatic hydroxyl groups is 1. The predicted octanol–water partition coefficient (Wildman–Crippen LogP) is 3.86. The molecule has 1 N–H and O–H groups in total. The highest BCUT2D eigenvalue weighted by molar-refractivity contribution is 5.90. The summed E-state index contributed by atoms with van der Waals surface area (Å²) in [4.78, 5) is 37.6. The van der Waals surface area contributed by atoms with E-state index in [-0.39, 0.29) is 17.9 Å². The number of benzene rings is 1. The van der Waals surface area contributed by atoms with Crippen molar-refractivity contribution in [3.8, 4) is 11.5 Å². The average molecular weight is 519 g/mol. The Morgan fingerprint density at radius 3 is 2.16 bits per heavy atom. The van der Waals surface area contributed by atoms with Crippen molar-refractivity contribution in [2.75, 3.05) is 14.2 Å². The van der Waals surface area contributed by atoms with Crippen LogP contribution in [-0.4, -0.2) is 61.1 Å². The van der Waals surface area contributed by atoms with Gasteiger partial charge in [0, 0.05) is 32.6 Å². The number of carbonyl (C=O) groups is 3. The molecule has 0 saturated heterocycles. The molecule has 0 bridgehead atoms. The highest BCUT2D eigenvalue weighted by Crippen LogP contribution is 2.60. The van der Waals surface area contributed by atoms with Gasteiger partial charge in [-0.25, -0.2) is 4.79 Å². The lowest BCUT2D eigenvalue weighted by Gasteiger charge is -2.45. The van der Waals surface area contributed by atoms with E-state index in [1.54, 1.807) is 18.2 Å². The Bertz CT molecular complexity index is 1080. The summed E-state index contributed by atoms with van der Waals surface area (Å²) in [6.07, 6.45) is -0.163. The summed E-state index contributed by atoms with van der Waals surface area (Å²) < 4.78 is 28.2. The molecule has 6 atom stereocenters. The van der Waals surface area contributed by atoms with Gasteiger partial charge in [-0.1, -0.05) is 26.3 Å². The standard InChI is InChI=1S/C28H38O9/c1-15(2)28(32)14-24(36-18(5)30)27(6)23(35-17(4)29)12-16(3)11-22(25(27)28)37-26(31)19-9-10-20(33-7)21(13-19)34-8/h9-10,12-13,15,22-25,32H,11,14H2,1-8H3. The smallest absolute Gasteiger partial charge is 0.338 e. The fourth-order valence-electron chi connectivity index (χ4n) is 5.99. The molecular formula is C28H38O9. The second-order valence-corrected chi connectivity index (χ2v) is 10.6. The summed E-state index contributed by atoms with van der Waals surface area (Å²) in [5.74, 6) is -1.77. The van der Waals surface area contributed by atoms with Gasteiger partial charge in [-0.15, -0.1) is 0 Å². The zero-order valence-electron chi connectivity index (χ0n) is 22.8. The maximum atomic E-state index is 13.4. The number of rotatable bonds is 7. The Labute approximate surface area is 218 Å². The summed E-state index contributed by atoms with van der Waals surface area (Å²) in [5.41, 5.74) is -1.38. The molecule has 0 radical (unpaired) electrons. The zero-order chi connectivity index (χ0) is 27.7. The van der Waals surface area contributed by atoms with E-state index in [1.165, 1.54) is 34.1 Å². The summed E-state index contributed by atoms with van der Waals surface area (Å²) in [6, 6.07) is 4.73. The summed E-state index contributed by atoms with van der Waals surface area (Å²) in [6.45, 7) is 10.0. The van der Waals surface area contributed by atoms with E-state index in [0.29, 0.717) is 17.9 Å². The SMILES string of the molecule is COc1ccc(C(=O)OC2CC(C)=CC(OC(C)=O)C3(C)C(OC(C)=O)CC(O)(C(C)C)C23)cc1OC. The molecule has 0 aromatic heterocycles. The topological polar surface area (TPSA) is 118 Å². The minimum absolute atomic E-state index is 0.112. The Kier molecular flexibility index (Phi) is 8.27. The minimum atomic E-state index is -1.38. The van der Waals surface area contributed by atoms with Gasteiger partial charge in [0.2, 0.25) is 0 Å². The number of fused-ring (bicyclic) bond motifs is 1. The molecule has 204 valence electrons. The lowest BCUT2D eigenvalue weighted by Crippen LogP contribution is -2.54. The zero-order valence-corrected chi connectivity index (χ0v) is 22.8. The number of hydrogen-bond donors (Lipinski definition) is 1. The number of methoxy groups -OCH3 is 2. The van der Waals surface area contributed by atoms with Crippen molar-refractivity contribution < 1.29 is 43.2 Å². The van der Waals surface area contributed by atoms with E-state index in [0.717, 1.165) is 5.57 Å². The third kappa shape index (κ3) is 5.32. The molecule has 0 aliphatic heterocycles. The van der Waals surface area contributed by atoms with Crippen LogP contribution in [0.25, 0.3) is 0 Å². The number of carbonyl (C=O) groups excluding carboxylic acids is 3. The first-order valence-electron chi connectivity index (χ1n) is 12.4. The van der Waals surface area contributed by atoms with Gasteiger partial charge in [0.05, 0.1) is 30.8 Å². The average Bonchev–Trinajstić information content (AvgIpc) is 2.98. The quantitative estimate of drug-likeness (QED) is 0.326. The van der Waals surface area contributed by atoms with Gasteiger partial charge < -0.3 is 28.8 Å². The lowest BCUT2D eigenvalue weighted by atomic mass is 9.66. The molecule has 1 aromatic rings. The second-order valence-electron chi connectivity index (χ2n) is 10.6. The van der Waals surface area contributed by atoms with Crippen molar-refractivity contribution in [2.45, 2.75) is 78.3 Å². The number of hydrogen-bond acceptors (Lipinski definition) is 9. The fraction of sp³-hybridized carbons (Fsp3) is 0.607. The molecule has 2 aliphatic carbocycles. The molecule has 9 heteroatoms. The monoisotopic (exact) mass is 518 g/mol. The Morgan fingerprint density at radius 2 is 1.62 bits per heavy atom. The van der Waals surface area contributed by atoms with Crippen LogP contribution in [0.4, 0.5) is 0 Å². The molecule has 6 unspecified atom stereocenters. The molecule has 9 nitrogen and oxygen atoms in total. The molecule has 0 heterocycles. The highest BCUT2D eigenvalue weighted by atomic mass is 16.6. The Balaban J connectivity index is 2.11. The van der Waals surface area contributed by atoms with E-state index in [2.05, 4.69) is 0 Å². The van der Waals surface area contributed by atoms with Crippen LogP contribution in [0.1, 0.15) is 64.7 Å². The maximum absolute atomic E-state index is 13.4. The molecule has 2 aliphatic rings. The summed E-state index contributed by atoms with van der Waals surface area (Å²) >= 11 is 0. The van der Waals surface area contributed by atoms with Crippen LogP contribution < -0.4 is 9.47 Å². The first kappa shape index (κ1) is 28.5. The Hall–Kier alpha value is -3.07. The molecule has 37 heavy (non-hydrogen) atoms. The number of ether oxygens (including phenoxy) is 5. The highest BCUT2D eigenvalue weighted by Gasteiger charge is 2.68. The van der Waals surface area contributed by atoms with Crippen LogP contribution in [0.5, 0.6) is 11.5 Å². The van der Waals surface area contributed by atoms with Gasteiger partial charge in [0.1, 0.15) is 18.3 Å². The molecule has 1 aromatic carbocycles. The van der Waals surface area contributed by atoms with Crippen molar-refractivity contribution in [2.24, 2.45) is 17.3 Å². The van der Waals surface area contributed by atoms with Crippen LogP contribution in [0.15, 0.2) is 29.8 Å². The van der Waals surface area contributed by atoms with Crippen molar-refractivity contribution in [1.82, 2.24) is 0 Å². The van der Waals surface area contributed by atoms with Gasteiger partial charge >= 0.3 is 17.9 Å². The molecular weight excluding hydrogens is 480 g/mol. The molecule has 0 amide bonds. The summed E-state index contributed by atoms with van der Waals surface area (Å²) in [5, 5.41) is 12.1. The maximum Gasteiger partial charge on any atom is 0.338 e. The van der Waals surface area contributed by atoms with E-state index in [1.807, 2.05) is 27.7 Å². The minimum Gasteiger partial charge on any atom is -0.493 e. The van der Waals surface area contributed by atoms with Gasteiger partial charge in [-0.3, -0.25) is 9.59 Å². The largest absolute Gasteiger partial charge is 0.493 e. The van der Waals surface area contributed by atoms with Crippen LogP contribution in [0, 0.1) is 17.3 Å². The van der Waals surface area contributed by atoms with Crippen LogP contribution in [-0.2, 0) is 23.8 Å². The second kappa shape index (κ2) is 10.7. The first-order valence-corrected chi connectivity index (χ1v) is 12.4. The molecule has 1 fully saturated rings. The van der Waals surface area contributed by atoms with Crippen molar-refractivity contribution in [3.05, 3.63) is 35.4 Å². The van der Waals surface area contributed by atoms with E-state index in [4.69, 9.17) is 23.7 Å². The molecule has 0 spiro atoms. The Morgan fingerprint density at radius 1 is 1.00 bits per heavy atom. The lowest BCUT2D eigenvalue weighted by molar-refractivity contribution is -0.174. The van der Waals surface area contributed by atoms with E-state index in [9.17, 15) is 19.5 Å². The van der Waals surface area contributed by atoms with E-state index < -0.39 is 53.2 Å². The first-order chi connectivity index (χ1) is 17.3. The third-order valence-electron chi connectivity index (χ3n) is 7.84. The fourth-order valence-corrected chi connectivity index (χ4v) is 5.99. The normalized spacial score (nSPS) is 31.0. The molecule has 3 rings (SSSR count). The summed E-state index contributed by atoms with van der Waals surface area (Å²) in [7, 11) is 2.98. The number of esters is 3. The van der Waals surface area contributed by atoms with Crippen LogP contribution in [0.2, 0.25) is 0 Å². The van der Waals surface area contributed by atoms with Crippen molar-refractivity contribution >= 4 is 17.9 Å². The van der Waals surface area contributed by atoms with Gasteiger partial charge in [0.25, 0.3) is 0 Å². The molecule has 1 saturated carbocycles. The third-order valence-corrected chi connectivity index (χ3v) is 7.84. The van der Waals surface area contributed by atoms with E-state index >= 15 is 0 Å². The van der Waals surface area contributed by atoms with Gasteiger partial charge in [-0.05, 0) is 37.1 Å².